The van der Waals surface area contributed by atoms with Crippen LogP contribution in [0.25, 0.3) is 0 Å². The maximum atomic E-state index is 12.0. The zero-order valence-corrected chi connectivity index (χ0v) is 13.7. The summed E-state index contributed by atoms with van der Waals surface area (Å²) in [5.41, 5.74) is 5.16. The van der Waals surface area contributed by atoms with E-state index in [2.05, 4.69) is 0 Å². The molecule has 1 fully saturated rings. The summed E-state index contributed by atoms with van der Waals surface area (Å²) in [6.45, 7) is 4.94. The maximum Gasteiger partial charge on any atom is 0.237 e. The van der Waals surface area contributed by atoms with E-state index in [1.54, 1.807) is 4.90 Å². The van der Waals surface area contributed by atoms with E-state index in [9.17, 15) is 18.0 Å². The fourth-order valence-electron chi connectivity index (χ4n) is 2.44. The molecule has 0 bridgehead atoms. The number of hydrogen-bond acceptors (Lipinski definition) is 4. The second-order valence-corrected chi connectivity index (χ2v) is 8.45. The highest BCUT2D eigenvalue weighted by Gasteiger charge is 2.26. The van der Waals surface area contributed by atoms with Crippen LogP contribution in [0.5, 0.6) is 0 Å². The second kappa shape index (κ2) is 7.77. The highest BCUT2D eigenvalue weighted by molar-refractivity contribution is 7.92. The average Bonchev–Trinajstić information content (AvgIpc) is 2.36. The molecule has 1 saturated heterocycles. The van der Waals surface area contributed by atoms with Crippen molar-refractivity contribution in [3.8, 4) is 0 Å². The highest BCUT2D eigenvalue weighted by Crippen LogP contribution is 2.20. The number of rotatable bonds is 7. The minimum absolute atomic E-state index is 0.0640. The Hall–Kier alpha value is -1.11. The van der Waals surface area contributed by atoms with E-state index in [0.717, 1.165) is 0 Å². The van der Waals surface area contributed by atoms with Gasteiger partial charge >= 0.3 is 0 Å². The van der Waals surface area contributed by atoms with Crippen LogP contribution in [0.2, 0.25) is 0 Å². The third-order valence-electron chi connectivity index (χ3n) is 3.81. The Morgan fingerprint density at radius 2 is 1.81 bits per heavy atom. The maximum absolute atomic E-state index is 12.0. The number of sulfone groups is 1. The normalized spacial score (nSPS) is 17.2. The lowest BCUT2D eigenvalue weighted by molar-refractivity contribution is -0.129. The molecule has 21 heavy (non-hydrogen) atoms. The van der Waals surface area contributed by atoms with Crippen LogP contribution in [0.4, 0.5) is 0 Å². The van der Waals surface area contributed by atoms with Crippen molar-refractivity contribution >= 4 is 21.7 Å². The van der Waals surface area contributed by atoms with Gasteiger partial charge in [0.1, 0.15) is 5.75 Å². The molecule has 1 aliphatic heterocycles. The number of piperidine rings is 1. The molecule has 0 spiro atoms. The lowest BCUT2D eigenvalue weighted by atomic mass is 9.93. The van der Waals surface area contributed by atoms with Crippen molar-refractivity contribution in [3.63, 3.8) is 0 Å². The molecule has 0 aromatic rings. The van der Waals surface area contributed by atoms with Crippen LogP contribution in [0.15, 0.2) is 0 Å². The minimum Gasteiger partial charge on any atom is -0.370 e. The summed E-state index contributed by atoms with van der Waals surface area (Å²) in [6, 6.07) is 0. The zero-order chi connectivity index (χ0) is 16.0. The third-order valence-corrected chi connectivity index (χ3v) is 5.35. The van der Waals surface area contributed by atoms with E-state index in [-0.39, 0.29) is 23.5 Å². The van der Waals surface area contributed by atoms with E-state index in [0.29, 0.717) is 44.7 Å². The molecule has 0 unspecified atom stereocenters. The Balaban J connectivity index is 2.42. The molecule has 0 aromatic heterocycles. The van der Waals surface area contributed by atoms with Gasteiger partial charge in [-0.15, -0.1) is 0 Å². The van der Waals surface area contributed by atoms with Gasteiger partial charge in [0.25, 0.3) is 0 Å². The molecule has 0 saturated carbocycles. The van der Waals surface area contributed by atoms with Gasteiger partial charge in [-0.25, -0.2) is 8.42 Å². The molecule has 1 aliphatic rings. The molecule has 2 amide bonds. The number of carbonyl (C=O) groups excluding carboxylic acids is 2. The molecule has 0 aliphatic carbocycles. The van der Waals surface area contributed by atoms with E-state index >= 15 is 0 Å². The molecular formula is C14H26N2O4S. The molecule has 6 nitrogen and oxygen atoms in total. The van der Waals surface area contributed by atoms with Gasteiger partial charge in [0.15, 0.2) is 9.84 Å². The smallest absolute Gasteiger partial charge is 0.237 e. The van der Waals surface area contributed by atoms with Crippen molar-refractivity contribution in [2.75, 3.05) is 24.6 Å². The fraction of sp³-hybridized carbons (Fsp3) is 0.857. The van der Waals surface area contributed by atoms with Crippen molar-refractivity contribution in [2.45, 2.75) is 39.5 Å². The van der Waals surface area contributed by atoms with Crippen molar-refractivity contribution in [1.82, 2.24) is 4.90 Å². The van der Waals surface area contributed by atoms with E-state index in [4.69, 9.17) is 5.73 Å². The number of likely N-dealkylation sites (tertiary alicyclic amines) is 1. The summed E-state index contributed by atoms with van der Waals surface area (Å²) in [4.78, 5) is 24.5. The van der Waals surface area contributed by atoms with E-state index in [1.165, 1.54) is 0 Å². The number of carbonyl (C=O) groups is 2. The van der Waals surface area contributed by atoms with Gasteiger partial charge in [-0.05, 0) is 31.1 Å². The molecule has 122 valence electrons. The summed E-state index contributed by atoms with van der Waals surface area (Å²) in [6.07, 6.45) is 2.34. The molecule has 1 rings (SSSR count). The standard InChI is InChI=1S/C14H26N2O4S/c1-11(2)5-8-21(19,20)10-14(18)16-6-3-12(4-7-16)9-13(15)17/h11-12H,3-10H2,1-2H3,(H2,15,17). The Labute approximate surface area is 127 Å². The van der Waals surface area contributed by atoms with Crippen LogP contribution in [0.3, 0.4) is 0 Å². The van der Waals surface area contributed by atoms with Crippen LogP contribution in [-0.4, -0.2) is 49.7 Å². The number of nitrogens with two attached hydrogens (primary N) is 1. The first-order valence-electron chi connectivity index (χ1n) is 7.46. The summed E-state index contributed by atoms with van der Waals surface area (Å²) in [7, 11) is -3.32. The first kappa shape index (κ1) is 17.9. The van der Waals surface area contributed by atoms with Crippen molar-refractivity contribution in [1.29, 1.82) is 0 Å². The lowest BCUT2D eigenvalue weighted by Gasteiger charge is -2.31. The van der Waals surface area contributed by atoms with Crippen LogP contribution in [-0.2, 0) is 19.4 Å². The van der Waals surface area contributed by atoms with Crippen LogP contribution >= 0.6 is 0 Å². The van der Waals surface area contributed by atoms with Gasteiger partial charge < -0.3 is 10.6 Å². The molecule has 7 heteroatoms. The quantitative estimate of drug-likeness (QED) is 0.741. The summed E-state index contributed by atoms with van der Waals surface area (Å²) >= 11 is 0. The predicted molar refractivity (Wildman–Crippen MR) is 81.2 cm³/mol. The number of primary amides is 1. The Morgan fingerprint density at radius 3 is 2.29 bits per heavy atom. The summed E-state index contributed by atoms with van der Waals surface area (Å²) < 4.78 is 23.8. The molecule has 0 radical (unpaired) electrons. The van der Waals surface area contributed by atoms with Gasteiger partial charge in [-0.3, -0.25) is 9.59 Å². The SMILES string of the molecule is CC(C)CCS(=O)(=O)CC(=O)N1CCC(CC(N)=O)CC1. The summed E-state index contributed by atoms with van der Waals surface area (Å²) in [5, 5.41) is 0. The van der Waals surface area contributed by atoms with Crippen molar-refractivity contribution in [3.05, 3.63) is 0 Å². The van der Waals surface area contributed by atoms with Gasteiger partial charge in [0.2, 0.25) is 11.8 Å². The molecule has 0 atom stereocenters. The number of amides is 2. The first-order valence-corrected chi connectivity index (χ1v) is 9.28. The van der Waals surface area contributed by atoms with E-state index < -0.39 is 15.6 Å². The number of hydrogen-bond donors (Lipinski definition) is 1. The van der Waals surface area contributed by atoms with Crippen molar-refractivity contribution < 1.29 is 18.0 Å². The molecule has 0 aromatic carbocycles. The predicted octanol–water partition coefficient (Wildman–Crippen LogP) is 0.561. The van der Waals surface area contributed by atoms with Gasteiger partial charge in [-0.1, -0.05) is 13.8 Å². The van der Waals surface area contributed by atoms with Crippen LogP contribution < -0.4 is 5.73 Å². The average molecular weight is 318 g/mol. The molecule has 2 N–H and O–H groups in total. The summed E-state index contributed by atoms with van der Waals surface area (Å²) in [5.74, 6) is -0.467. The topological polar surface area (TPSA) is 97.5 Å². The van der Waals surface area contributed by atoms with Gasteiger partial charge in [0.05, 0.1) is 5.75 Å². The van der Waals surface area contributed by atoms with E-state index in [1.807, 2.05) is 13.8 Å². The zero-order valence-electron chi connectivity index (χ0n) is 12.9. The monoisotopic (exact) mass is 318 g/mol. The first-order chi connectivity index (χ1) is 9.69. The minimum atomic E-state index is -3.32. The van der Waals surface area contributed by atoms with Crippen LogP contribution in [0, 0.1) is 11.8 Å². The lowest BCUT2D eigenvalue weighted by Crippen LogP contribution is -2.42. The molecular weight excluding hydrogens is 292 g/mol. The Bertz CT molecular complexity index is 465. The fourth-order valence-corrected chi connectivity index (χ4v) is 3.97. The van der Waals surface area contributed by atoms with Crippen molar-refractivity contribution in [2.24, 2.45) is 17.6 Å². The van der Waals surface area contributed by atoms with Gasteiger partial charge in [0, 0.05) is 19.5 Å². The Morgan fingerprint density at radius 1 is 1.24 bits per heavy atom. The Kier molecular flexibility index (Phi) is 6.64. The highest BCUT2D eigenvalue weighted by atomic mass is 32.2. The second-order valence-electron chi connectivity index (χ2n) is 6.27. The molecule has 1 heterocycles. The van der Waals surface area contributed by atoms with Crippen LogP contribution in [0.1, 0.15) is 39.5 Å². The third kappa shape index (κ3) is 6.93. The largest absolute Gasteiger partial charge is 0.370 e. The van der Waals surface area contributed by atoms with Gasteiger partial charge in [-0.2, -0.15) is 0 Å². The number of nitrogens with zero attached hydrogens (tertiary/aromatic N) is 1.